The van der Waals surface area contributed by atoms with Crippen LogP contribution in [0.4, 0.5) is 0 Å². The number of carbonyl (C=O) groups excluding carboxylic acids is 1. The van der Waals surface area contributed by atoms with E-state index in [0.29, 0.717) is 6.04 Å². The molecule has 0 spiro atoms. The van der Waals surface area contributed by atoms with Crippen LogP contribution in [0.3, 0.4) is 0 Å². The summed E-state index contributed by atoms with van der Waals surface area (Å²) in [6.45, 7) is 5.63. The van der Waals surface area contributed by atoms with Gasteiger partial charge >= 0.3 is 0 Å². The Kier molecular flexibility index (Phi) is 4.97. The summed E-state index contributed by atoms with van der Waals surface area (Å²) in [6.07, 6.45) is 3.40. The third kappa shape index (κ3) is 3.57. The van der Waals surface area contributed by atoms with Crippen LogP contribution in [0.5, 0.6) is 0 Å². The van der Waals surface area contributed by atoms with E-state index in [1.54, 1.807) is 0 Å². The number of hydrogen-bond donors (Lipinski definition) is 0. The summed E-state index contributed by atoms with van der Waals surface area (Å²) < 4.78 is 0. The van der Waals surface area contributed by atoms with Gasteiger partial charge in [0.25, 0.3) is 5.91 Å². The zero-order valence-corrected chi connectivity index (χ0v) is 12.0. The van der Waals surface area contributed by atoms with E-state index in [9.17, 15) is 4.79 Å². The second kappa shape index (κ2) is 6.71. The van der Waals surface area contributed by atoms with Crippen molar-refractivity contribution in [2.45, 2.75) is 32.2 Å². The summed E-state index contributed by atoms with van der Waals surface area (Å²) in [5.41, 5.74) is 0.793. The summed E-state index contributed by atoms with van der Waals surface area (Å²) in [5.74, 6) is 0.148. The molecule has 1 saturated heterocycles. The second-order valence-corrected chi connectivity index (χ2v) is 5.35. The van der Waals surface area contributed by atoms with E-state index < -0.39 is 0 Å². The smallest absolute Gasteiger partial charge is 0.253 e. The van der Waals surface area contributed by atoms with Gasteiger partial charge in [0, 0.05) is 31.7 Å². The highest BCUT2D eigenvalue weighted by Crippen LogP contribution is 2.17. The zero-order valence-electron chi connectivity index (χ0n) is 12.0. The summed E-state index contributed by atoms with van der Waals surface area (Å²) in [5, 5.41) is 0. The van der Waals surface area contributed by atoms with Crippen LogP contribution in [0.2, 0.25) is 0 Å². The molecule has 3 heteroatoms. The number of nitrogens with zero attached hydrogens (tertiary/aromatic N) is 2. The Balaban J connectivity index is 1.91. The minimum absolute atomic E-state index is 0.148. The second-order valence-electron chi connectivity index (χ2n) is 5.35. The first-order chi connectivity index (χ1) is 9.22. The van der Waals surface area contributed by atoms with Gasteiger partial charge in [-0.05, 0) is 37.9 Å². The molecule has 2 rings (SSSR count). The van der Waals surface area contributed by atoms with Gasteiger partial charge in [0.1, 0.15) is 0 Å². The van der Waals surface area contributed by atoms with E-state index in [0.717, 1.165) is 31.5 Å². The van der Waals surface area contributed by atoms with Crippen molar-refractivity contribution in [3.63, 3.8) is 0 Å². The van der Waals surface area contributed by atoms with Crippen LogP contribution < -0.4 is 0 Å². The van der Waals surface area contributed by atoms with Gasteiger partial charge in [-0.1, -0.05) is 25.1 Å². The van der Waals surface area contributed by atoms with E-state index in [4.69, 9.17) is 0 Å². The fourth-order valence-corrected chi connectivity index (χ4v) is 2.80. The lowest BCUT2D eigenvalue weighted by Gasteiger charge is -2.36. The standard InChI is InChI=1S/C16H24N2O/c1-3-11-18-12-9-15(10-13-18)17(2)16(19)14-7-5-4-6-8-14/h4-8,15H,3,9-13H2,1-2H3. The third-order valence-electron chi connectivity index (χ3n) is 3.99. The van der Waals surface area contributed by atoms with Gasteiger partial charge in [-0.25, -0.2) is 0 Å². The van der Waals surface area contributed by atoms with E-state index in [2.05, 4.69) is 11.8 Å². The van der Waals surface area contributed by atoms with Gasteiger partial charge in [-0.2, -0.15) is 0 Å². The molecule has 3 nitrogen and oxygen atoms in total. The van der Waals surface area contributed by atoms with E-state index in [1.165, 1.54) is 13.0 Å². The highest BCUT2D eigenvalue weighted by molar-refractivity contribution is 5.94. The first-order valence-corrected chi connectivity index (χ1v) is 7.27. The van der Waals surface area contributed by atoms with Crippen molar-refractivity contribution in [3.8, 4) is 0 Å². The first-order valence-electron chi connectivity index (χ1n) is 7.27. The van der Waals surface area contributed by atoms with Gasteiger partial charge in [0.05, 0.1) is 0 Å². The van der Waals surface area contributed by atoms with Crippen molar-refractivity contribution in [2.75, 3.05) is 26.7 Å². The molecule has 0 atom stereocenters. The van der Waals surface area contributed by atoms with E-state index in [-0.39, 0.29) is 5.91 Å². The Morgan fingerprint density at radius 1 is 1.26 bits per heavy atom. The summed E-state index contributed by atoms with van der Waals surface area (Å²) in [6, 6.07) is 9.96. The molecule has 19 heavy (non-hydrogen) atoms. The number of rotatable bonds is 4. The summed E-state index contributed by atoms with van der Waals surface area (Å²) >= 11 is 0. The molecule has 0 unspecified atom stereocenters. The lowest BCUT2D eigenvalue weighted by Crippen LogP contribution is -2.45. The van der Waals surface area contributed by atoms with Crippen molar-refractivity contribution in [1.29, 1.82) is 0 Å². The van der Waals surface area contributed by atoms with Crippen LogP contribution in [0.15, 0.2) is 30.3 Å². The normalized spacial score (nSPS) is 17.4. The molecule has 0 N–H and O–H groups in total. The Morgan fingerprint density at radius 2 is 1.89 bits per heavy atom. The maximum Gasteiger partial charge on any atom is 0.253 e. The van der Waals surface area contributed by atoms with Gasteiger partial charge in [0.2, 0.25) is 0 Å². The Hall–Kier alpha value is -1.35. The van der Waals surface area contributed by atoms with Gasteiger partial charge < -0.3 is 9.80 Å². The first kappa shape index (κ1) is 14.1. The monoisotopic (exact) mass is 260 g/mol. The number of benzene rings is 1. The van der Waals surface area contributed by atoms with Crippen molar-refractivity contribution in [3.05, 3.63) is 35.9 Å². The molecule has 0 aromatic heterocycles. The highest BCUT2D eigenvalue weighted by Gasteiger charge is 2.25. The predicted molar refractivity (Wildman–Crippen MR) is 78.3 cm³/mol. The van der Waals surface area contributed by atoms with Gasteiger partial charge in [-0.15, -0.1) is 0 Å². The maximum atomic E-state index is 12.4. The Morgan fingerprint density at radius 3 is 2.47 bits per heavy atom. The van der Waals surface area contributed by atoms with Gasteiger partial charge in [-0.3, -0.25) is 4.79 Å². The van der Waals surface area contributed by atoms with Crippen LogP contribution in [-0.4, -0.2) is 48.4 Å². The number of amides is 1. The average Bonchev–Trinajstić information content (AvgIpc) is 2.48. The van der Waals surface area contributed by atoms with E-state index in [1.807, 2.05) is 42.3 Å². The van der Waals surface area contributed by atoms with Crippen molar-refractivity contribution < 1.29 is 4.79 Å². The summed E-state index contributed by atoms with van der Waals surface area (Å²) in [7, 11) is 1.94. The molecule has 1 aliphatic heterocycles. The van der Waals surface area contributed by atoms with Crippen molar-refractivity contribution in [1.82, 2.24) is 9.80 Å². The molecule has 0 radical (unpaired) electrons. The van der Waals surface area contributed by atoms with Crippen LogP contribution in [-0.2, 0) is 0 Å². The number of hydrogen-bond acceptors (Lipinski definition) is 2. The van der Waals surface area contributed by atoms with Crippen LogP contribution in [0.25, 0.3) is 0 Å². The topological polar surface area (TPSA) is 23.6 Å². The molecule has 0 bridgehead atoms. The fraction of sp³-hybridized carbons (Fsp3) is 0.562. The molecular formula is C16H24N2O. The molecule has 1 aliphatic rings. The maximum absolute atomic E-state index is 12.4. The van der Waals surface area contributed by atoms with Crippen LogP contribution >= 0.6 is 0 Å². The van der Waals surface area contributed by atoms with Crippen molar-refractivity contribution in [2.24, 2.45) is 0 Å². The van der Waals surface area contributed by atoms with Gasteiger partial charge in [0.15, 0.2) is 0 Å². The Bertz CT molecular complexity index is 396. The minimum Gasteiger partial charge on any atom is -0.339 e. The quantitative estimate of drug-likeness (QED) is 0.831. The van der Waals surface area contributed by atoms with Crippen LogP contribution in [0.1, 0.15) is 36.5 Å². The SMILES string of the molecule is CCCN1CCC(N(C)C(=O)c2ccccc2)CC1. The molecule has 0 aliphatic carbocycles. The number of carbonyl (C=O) groups is 1. The molecule has 0 saturated carbocycles. The third-order valence-corrected chi connectivity index (χ3v) is 3.99. The molecule has 1 aromatic carbocycles. The van der Waals surface area contributed by atoms with Crippen LogP contribution in [0, 0.1) is 0 Å². The highest BCUT2D eigenvalue weighted by atomic mass is 16.2. The fourth-order valence-electron chi connectivity index (χ4n) is 2.80. The zero-order chi connectivity index (χ0) is 13.7. The minimum atomic E-state index is 0.148. The Labute approximate surface area is 116 Å². The average molecular weight is 260 g/mol. The predicted octanol–water partition coefficient (Wildman–Crippen LogP) is 2.63. The molecule has 1 heterocycles. The molecular weight excluding hydrogens is 236 g/mol. The molecule has 104 valence electrons. The number of piperidine rings is 1. The largest absolute Gasteiger partial charge is 0.339 e. The lowest BCUT2D eigenvalue weighted by atomic mass is 10.0. The number of likely N-dealkylation sites (tertiary alicyclic amines) is 1. The molecule has 1 fully saturated rings. The molecule has 1 aromatic rings. The lowest BCUT2D eigenvalue weighted by molar-refractivity contribution is 0.0642. The summed E-state index contributed by atoms with van der Waals surface area (Å²) in [4.78, 5) is 16.8. The van der Waals surface area contributed by atoms with Crippen molar-refractivity contribution >= 4 is 5.91 Å². The molecule has 1 amide bonds. The van der Waals surface area contributed by atoms with E-state index >= 15 is 0 Å².